The molecular formula is C22H24ClN3O4S. The van der Waals surface area contributed by atoms with Gasteiger partial charge in [0.2, 0.25) is 15.9 Å². The van der Waals surface area contributed by atoms with Crippen LogP contribution in [0.2, 0.25) is 5.02 Å². The molecule has 31 heavy (non-hydrogen) atoms. The summed E-state index contributed by atoms with van der Waals surface area (Å²) in [6.45, 7) is 3.99. The Labute approximate surface area is 187 Å². The molecule has 0 radical (unpaired) electrons. The van der Waals surface area contributed by atoms with E-state index in [0.717, 1.165) is 16.9 Å². The molecular weight excluding hydrogens is 438 g/mol. The lowest BCUT2D eigenvalue weighted by molar-refractivity contribution is 0.0712. The Morgan fingerprint density at radius 1 is 1.10 bits per heavy atom. The number of methoxy groups -OCH3 is 1. The molecule has 0 aliphatic carbocycles. The van der Waals surface area contributed by atoms with Crippen LogP contribution in [-0.2, 0) is 10.0 Å². The van der Waals surface area contributed by atoms with Crippen molar-refractivity contribution < 1.29 is 17.9 Å². The number of para-hydroxylation sites is 2. The number of sulfonamides is 1. The maximum atomic E-state index is 12.3. The molecule has 0 bridgehead atoms. The summed E-state index contributed by atoms with van der Waals surface area (Å²) in [4.78, 5) is 0. The molecule has 1 aliphatic rings. The van der Waals surface area contributed by atoms with Gasteiger partial charge in [0.1, 0.15) is 17.5 Å². The lowest BCUT2D eigenvalue weighted by Gasteiger charge is -2.38. The summed E-state index contributed by atoms with van der Waals surface area (Å²) >= 11 is 6.06. The van der Waals surface area contributed by atoms with Gasteiger partial charge in [-0.15, -0.1) is 5.10 Å². The molecule has 0 spiro atoms. The fourth-order valence-corrected chi connectivity index (χ4v) is 4.85. The molecule has 7 nitrogen and oxygen atoms in total. The minimum Gasteiger partial charge on any atom is -0.494 e. The zero-order valence-corrected chi connectivity index (χ0v) is 19.1. The number of halogens is 1. The molecule has 1 aliphatic heterocycles. The van der Waals surface area contributed by atoms with E-state index in [0.29, 0.717) is 29.7 Å². The first-order chi connectivity index (χ1) is 14.8. The van der Waals surface area contributed by atoms with Crippen molar-refractivity contribution in [3.63, 3.8) is 0 Å². The number of aromatic nitrogens is 2. The summed E-state index contributed by atoms with van der Waals surface area (Å²) in [5, 5.41) is 4.84. The largest absolute Gasteiger partial charge is 0.494 e. The van der Waals surface area contributed by atoms with Gasteiger partial charge >= 0.3 is 0 Å². The smallest absolute Gasteiger partial charge is 0.234 e. The molecule has 4 rings (SSSR count). The van der Waals surface area contributed by atoms with Gasteiger partial charge in [-0.1, -0.05) is 35.9 Å². The van der Waals surface area contributed by atoms with Gasteiger partial charge in [0.15, 0.2) is 0 Å². The van der Waals surface area contributed by atoms with Crippen LogP contribution < -0.4 is 9.47 Å². The number of hydrogen-bond acceptors (Lipinski definition) is 5. The number of hydrogen-bond donors (Lipinski definition) is 0. The number of rotatable bonds is 7. The first kappa shape index (κ1) is 21.7. The topological polar surface area (TPSA) is 73.7 Å². The van der Waals surface area contributed by atoms with E-state index in [2.05, 4.69) is 5.10 Å². The van der Waals surface area contributed by atoms with Crippen LogP contribution >= 0.6 is 11.6 Å². The van der Waals surface area contributed by atoms with Gasteiger partial charge in [-0.2, -0.15) is 4.31 Å². The average molecular weight is 462 g/mol. The van der Waals surface area contributed by atoms with Crippen LogP contribution in [0, 0.1) is 0 Å². The molecule has 1 aromatic heterocycles. The van der Waals surface area contributed by atoms with Crippen molar-refractivity contribution in [2.75, 3.05) is 20.2 Å². The van der Waals surface area contributed by atoms with E-state index in [-0.39, 0.29) is 6.10 Å². The van der Waals surface area contributed by atoms with Gasteiger partial charge in [0.05, 0.1) is 31.1 Å². The highest BCUT2D eigenvalue weighted by molar-refractivity contribution is 7.89. The van der Waals surface area contributed by atoms with Crippen molar-refractivity contribution >= 4 is 21.6 Å². The lowest BCUT2D eigenvalue weighted by atomic mass is 10.1. The Morgan fingerprint density at radius 2 is 1.77 bits per heavy atom. The Balaban J connectivity index is 1.64. The standard InChI is InChI=1S/C22H24ClN3O4S/c1-15(2)31(27,28)25-13-18(14-25)30-22-12-20(16-8-10-17(23)11-9-16)26(24-22)19-6-4-5-7-21(19)29-3/h4-12,15,18H,13-14H2,1-3H3. The minimum atomic E-state index is -3.27. The summed E-state index contributed by atoms with van der Waals surface area (Å²) in [7, 11) is -1.66. The quantitative estimate of drug-likeness (QED) is 0.531. The zero-order valence-electron chi connectivity index (χ0n) is 17.5. The fourth-order valence-electron chi connectivity index (χ4n) is 3.38. The van der Waals surface area contributed by atoms with E-state index in [1.54, 1.807) is 25.6 Å². The van der Waals surface area contributed by atoms with E-state index >= 15 is 0 Å². The predicted molar refractivity (Wildman–Crippen MR) is 121 cm³/mol. The van der Waals surface area contributed by atoms with Gasteiger partial charge < -0.3 is 9.47 Å². The first-order valence-electron chi connectivity index (χ1n) is 9.94. The van der Waals surface area contributed by atoms with E-state index in [1.807, 2.05) is 54.6 Å². The fraction of sp³-hybridized carbons (Fsp3) is 0.318. The van der Waals surface area contributed by atoms with Gasteiger partial charge in [-0.05, 0) is 38.1 Å². The Morgan fingerprint density at radius 3 is 2.42 bits per heavy atom. The Kier molecular flexibility index (Phi) is 5.96. The minimum absolute atomic E-state index is 0.243. The highest BCUT2D eigenvalue weighted by Crippen LogP contribution is 2.32. The van der Waals surface area contributed by atoms with Crippen LogP contribution in [0.3, 0.4) is 0 Å². The van der Waals surface area contributed by atoms with Gasteiger partial charge in [-0.3, -0.25) is 0 Å². The molecule has 9 heteroatoms. The molecule has 1 fully saturated rings. The number of benzene rings is 2. The van der Waals surface area contributed by atoms with Crippen LogP contribution in [-0.4, -0.2) is 54.1 Å². The molecule has 0 unspecified atom stereocenters. The molecule has 0 amide bonds. The Bertz CT molecular complexity index is 1170. The zero-order chi connectivity index (χ0) is 22.2. The maximum Gasteiger partial charge on any atom is 0.234 e. The molecule has 0 N–H and O–H groups in total. The van der Waals surface area contributed by atoms with Crippen LogP contribution in [0.4, 0.5) is 0 Å². The van der Waals surface area contributed by atoms with E-state index in [1.165, 1.54) is 4.31 Å². The lowest BCUT2D eigenvalue weighted by Crippen LogP contribution is -2.57. The monoisotopic (exact) mass is 461 g/mol. The normalized spacial score (nSPS) is 15.1. The van der Waals surface area contributed by atoms with Crippen molar-refractivity contribution in [3.8, 4) is 28.6 Å². The third kappa shape index (κ3) is 4.28. The van der Waals surface area contributed by atoms with Crippen molar-refractivity contribution in [3.05, 3.63) is 59.6 Å². The van der Waals surface area contributed by atoms with Crippen LogP contribution in [0.5, 0.6) is 11.6 Å². The van der Waals surface area contributed by atoms with Crippen LogP contribution in [0.15, 0.2) is 54.6 Å². The molecule has 3 aromatic rings. The molecule has 1 saturated heterocycles. The van der Waals surface area contributed by atoms with Gasteiger partial charge in [0.25, 0.3) is 0 Å². The molecule has 2 heterocycles. The Hall–Kier alpha value is -2.55. The van der Waals surface area contributed by atoms with Crippen molar-refractivity contribution in [1.82, 2.24) is 14.1 Å². The summed E-state index contributed by atoms with van der Waals surface area (Å²) in [6, 6.07) is 16.9. The highest BCUT2D eigenvalue weighted by atomic mass is 35.5. The predicted octanol–water partition coefficient (Wildman–Crippen LogP) is 4.00. The molecule has 164 valence electrons. The molecule has 0 saturated carbocycles. The second kappa shape index (κ2) is 8.53. The summed E-state index contributed by atoms with van der Waals surface area (Å²) in [6.07, 6.45) is -0.243. The summed E-state index contributed by atoms with van der Waals surface area (Å²) in [5.74, 6) is 1.09. The van der Waals surface area contributed by atoms with Crippen molar-refractivity contribution in [2.24, 2.45) is 0 Å². The summed E-state index contributed by atoms with van der Waals surface area (Å²) < 4.78 is 39.3. The van der Waals surface area contributed by atoms with Crippen molar-refractivity contribution in [1.29, 1.82) is 0 Å². The third-order valence-corrected chi connectivity index (χ3v) is 7.66. The SMILES string of the molecule is COc1ccccc1-n1nc(OC2CN(S(=O)(=O)C(C)C)C2)cc1-c1ccc(Cl)cc1. The second-order valence-electron chi connectivity index (χ2n) is 7.61. The van der Waals surface area contributed by atoms with Crippen LogP contribution in [0.1, 0.15) is 13.8 Å². The van der Waals surface area contributed by atoms with Gasteiger partial charge in [-0.25, -0.2) is 13.1 Å². The van der Waals surface area contributed by atoms with E-state index in [9.17, 15) is 8.42 Å². The number of nitrogens with zero attached hydrogens (tertiary/aromatic N) is 3. The maximum absolute atomic E-state index is 12.3. The van der Waals surface area contributed by atoms with Crippen molar-refractivity contribution in [2.45, 2.75) is 25.2 Å². The molecule has 0 atom stereocenters. The molecule has 2 aromatic carbocycles. The highest BCUT2D eigenvalue weighted by Gasteiger charge is 2.39. The number of ether oxygens (including phenoxy) is 2. The van der Waals surface area contributed by atoms with Gasteiger partial charge in [0, 0.05) is 16.7 Å². The van der Waals surface area contributed by atoms with E-state index in [4.69, 9.17) is 21.1 Å². The first-order valence-corrected chi connectivity index (χ1v) is 11.8. The summed E-state index contributed by atoms with van der Waals surface area (Å²) in [5.41, 5.74) is 2.49. The average Bonchev–Trinajstić information content (AvgIpc) is 3.14. The van der Waals surface area contributed by atoms with Crippen LogP contribution in [0.25, 0.3) is 16.9 Å². The van der Waals surface area contributed by atoms with E-state index < -0.39 is 15.3 Å². The third-order valence-electron chi connectivity index (χ3n) is 5.20. The second-order valence-corrected chi connectivity index (χ2v) is 10.5.